The summed E-state index contributed by atoms with van der Waals surface area (Å²) in [5, 5.41) is 10.5. The Morgan fingerprint density at radius 1 is 1.50 bits per heavy atom. The molecule has 96 valence electrons. The van der Waals surface area contributed by atoms with Crippen LogP contribution in [0.4, 0.5) is 5.69 Å². The van der Waals surface area contributed by atoms with E-state index >= 15 is 0 Å². The second-order valence-electron chi connectivity index (χ2n) is 3.84. The highest BCUT2D eigenvalue weighted by Gasteiger charge is 2.14. The minimum Gasteiger partial charge on any atom is -0.378 e. The minimum atomic E-state index is -0.488. The number of carbonyl (C=O) groups is 1. The number of amides is 1. The third-order valence-electron chi connectivity index (χ3n) is 2.63. The van der Waals surface area contributed by atoms with Gasteiger partial charge in [-0.3, -0.25) is 14.9 Å². The van der Waals surface area contributed by atoms with Crippen LogP contribution in [0.1, 0.15) is 5.69 Å². The van der Waals surface area contributed by atoms with Gasteiger partial charge in [-0.15, -0.1) is 0 Å². The maximum absolute atomic E-state index is 11.7. The summed E-state index contributed by atoms with van der Waals surface area (Å²) in [6, 6.07) is 1.38. The molecular formula is C11H13N3O4. The number of aromatic nitrogens is 1. The van der Waals surface area contributed by atoms with Gasteiger partial charge in [0.05, 0.1) is 24.3 Å². The summed E-state index contributed by atoms with van der Waals surface area (Å²) in [5.41, 5.74) is 0.511. The molecule has 0 unspecified atom stereocenters. The van der Waals surface area contributed by atoms with Crippen LogP contribution in [-0.4, -0.2) is 47.0 Å². The molecule has 1 amide bonds. The van der Waals surface area contributed by atoms with Crippen LogP contribution < -0.4 is 0 Å². The first-order valence-electron chi connectivity index (χ1n) is 5.54. The monoisotopic (exact) mass is 251 g/mol. The van der Waals surface area contributed by atoms with Crippen molar-refractivity contribution in [2.75, 3.05) is 26.3 Å². The quantitative estimate of drug-likeness (QED) is 0.488. The Labute approximate surface area is 103 Å². The zero-order valence-corrected chi connectivity index (χ0v) is 9.67. The van der Waals surface area contributed by atoms with E-state index in [4.69, 9.17) is 4.74 Å². The van der Waals surface area contributed by atoms with Crippen LogP contribution in [0.15, 0.2) is 18.3 Å². The molecule has 1 saturated heterocycles. The van der Waals surface area contributed by atoms with E-state index in [9.17, 15) is 14.9 Å². The van der Waals surface area contributed by atoms with Gasteiger partial charge in [0.25, 0.3) is 5.69 Å². The highest BCUT2D eigenvalue weighted by molar-refractivity contribution is 5.91. The van der Waals surface area contributed by atoms with Crippen LogP contribution in [-0.2, 0) is 9.53 Å². The molecule has 1 aromatic rings. The van der Waals surface area contributed by atoms with E-state index in [-0.39, 0.29) is 11.6 Å². The molecule has 7 nitrogen and oxygen atoms in total. The number of morpholine rings is 1. The Morgan fingerprint density at radius 3 is 2.83 bits per heavy atom. The zero-order valence-electron chi connectivity index (χ0n) is 9.67. The highest BCUT2D eigenvalue weighted by atomic mass is 16.6. The van der Waals surface area contributed by atoms with Crippen LogP contribution in [0.25, 0.3) is 6.08 Å². The molecule has 0 saturated carbocycles. The first kappa shape index (κ1) is 12.3. The topological polar surface area (TPSA) is 88.5 Å². The van der Waals surface area contributed by atoms with Crippen molar-refractivity contribution in [2.45, 2.75) is 0 Å². The van der Waals surface area contributed by atoms with E-state index in [0.717, 1.165) is 0 Å². The van der Waals surface area contributed by atoms with Gasteiger partial charge >= 0.3 is 0 Å². The number of hydrogen-bond acceptors (Lipinski definition) is 4. The lowest BCUT2D eigenvalue weighted by Crippen LogP contribution is -2.39. The van der Waals surface area contributed by atoms with E-state index in [0.29, 0.717) is 32.0 Å². The molecule has 0 spiro atoms. The van der Waals surface area contributed by atoms with E-state index in [2.05, 4.69) is 4.98 Å². The maximum atomic E-state index is 11.7. The first-order chi connectivity index (χ1) is 8.66. The Kier molecular flexibility index (Phi) is 3.73. The van der Waals surface area contributed by atoms with Crippen LogP contribution in [0.2, 0.25) is 0 Å². The smallest absolute Gasteiger partial charge is 0.287 e. The number of nitro groups is 1. The number of nitrogens with one attached hydrogen (secondary N) is 1. The van der Waals surface area contributed by atoms with Gasteiger partial charge in [0, 0.05) is 30.9 Å². The van der Waals surface area contributed by atoms with Crippen molar-refractivity contribution < 1.29 is 14.5 Å². The number of hydrogen-bond donors (Lipinski definition) is 1. The molecule has 1 aromatic heterocycles. The van der Waals surface area contributed by atoms with Crippen molar-refractivity contribution in [3.05, 3.63) is 34.1 Å². The Bertz CT molecular complexity index is 474. The Balaban J connectivity index is 1.96. The molecule has 0 atom stereocenters. The molecule has 1 aliphatic rings. The summed E-state index contributed by atoms with van der Waals surface area (Å²) in [7, 11) is 0. The van der Waals surface area contributed by atoms with Crippen molar-refractivity contribution >= 4 is 17.7 Å². The molecule has 0 aromatic carbocycles. The summed E-state index contributed by atoms with van der Waals surface area (Å²) in [6.07, 6.45) is 4.23. The number of H-pyrrole nitrogens is 1. The number of nitrogens with zero attached hydrogens (tertiary/aromatic N) is 2. The van der Waals surface area contributed by atoms with E-state index in [1.807, 2.05) is 0 Å². The first-order valence-corrected chi connectivity index (χ1v) is 5.54. The van der Waals surface area contributed by atoms with E-state index in [1.165, 1.54) is 24.4 Å². The van der Waals surface area contributed by atoms with E-state index in [1.54, 1.807) is 4.90 Å². The average Bonchev–Trinajstić information content (AvgIpc) is 2.86. The molecular weight excluding hydrogens is 238 g/mol. The minimum absolute atomic E-state index is 0.0199. The summed E-state index contributed by atoms with van der Waals surface area (Å²) < 4.78 is 5.14. The van der Waals surface area contributed by atoms with Crippen LogP contribution in [0.5, 0.6) is 0 Å². The zero-order chi connectivity index (χ0) is 13.0. The van der Waals surface area contributed by atoms with Crippen molar-refractivity contribution in [1.82, 2.24) is 9.88 Å². The highest BCUT2D eigenvalue weighted by Crippen LogP contribution is 2.13. The molecule has 1 N–H and O–H groups in total. The van der Waals surface area contributed by atoms with Gasteiger partial charge in [-0.2, -0.15) is 0 Å². The standard InChI is InChI=1S/C11H13N3O4/c15-11(13-3-5-18-6-4-13)2-1-9-7-10(8-12-9)14(16)17/h1-2,7-8,12H,3-6H2. The lowest BCUT2D eigenvalue weighted by atomic mass is 10.3. The molecule has 18 heavy (non-hydrogen) atoms. The lowest BCUT2D eigenvalue weighted by molar-refractivity contribution is -0.384. The third-order valence-corrected chi connectivity index (χ3v) is 2.63. The lowest BCUT2D eigenvalue weighted by Gasteiger charge is -2.25. The van der Waals surface area contributed by atoms with Crippen LogP contribution >= 0.6 is 0 Å². The summed E-state index contributed by atoms with van der Waals surface area (Å²) >= 11 is 0. The Hall–Kier alpha value is -2.15. The largest absolute Gasteiger partial charge is 0.378 e. The van der Waals surface area contributed by atoms with Crippen molar-refractivity contribution in [1.29, 1.82) is 0 Å². The number of carbonyl (C=O) groups excluding carboxylic acids is 1. The molecule has 0 radical (unpaired) electrons. The van der Waals surface area contributed by atoms with Crippen molar-refractivity contribution in [3.63, 3.8) is 0 Å². The molecule has 1 fully saturated rings. The molecule has 0 bridgehead atoms. The van der Waals surface area contributed by atoms with Gasteiger partial charge in [-0.05, 0) is 6.08 Å². The maximum Gasteiger partial charge on any atom is 0.287 e. The molecule has 1 aliphatic heterocycles. The Morgan fingerprint density at radius 2 is 2.22 bits per heavy atom. The molecule has 2 rings (SSSR count). The van der Waals surface area contributed by atoms with Gasteiger partial charge in [-0.1, -0.05) is 0 Å². The van der Waals surface area contributed by atoms with Gasteiger partial charge in [0.1, 0.15) is 0 Å². The fourth-order valence-electron chi connectivity index (χ4n) is 1.65. The van der Waals surface area contributed by atoms with Gasteiger partial charge in [-0.25, -0.2) is 0 Å². The average molecular weight is 251 g/mol. The predicted octanol–water partition coefficient (Wildman–Crippen LogP) is 0.795. The molecule has 0 aliphatic carbocycles. The van der Waals surface area contributed by atoms with Crippen LogP contribution in [0, 0.1) is 10.1 Å². The van der Waals surface area contributed by atoms with Crippen molar-refractivity contribution in [2.24, 2.45) is 0 Å². The van der Waals surface area contributed by atoms with Gasteiger partial charge < -0.3 is 14.6 Å². The second-order valence-corrected chi connectivity index (χ2v) is 3.84. The summed E-state index contributed by atoms with van der Waals surface area (Å²) in [6.45, 7) is 2.25. The van der Waals surface area contributed by atoms with Gasteiger partial charge in [0.2, 0.25) is 5.91 Å². The normalized spacial score (nSPS) is 16.1. The van der Waals surface area contributed by atoms with E-state index < -0.39 is 4.92 Å². The fraction of sp³-hybridized carbons (Fsp3) is 0.364. The number of ether oxygens (including phenoxy) is 1. The second kappa shape index (κ2) is 5.46. The number of rotatable bonds is 3. The molecule has 7 heteroatoms. The molecule has 2 heterocycles. The van der Waals surface area contributed by atoms with Gasteiger partial charge in [0.15, 0.2) is 0 Å². The summed E-state index contributed by atoms with van der Waals surface area (Å²) in [5.74, 6) is -0.115. The fourth-order valence-corrected chi connectivity index (χ4v) is 1.65. The van der Waals surface area contributed by atoms with Crippen LogP contribution in [0.3, 0.4) is 0 Å². The predicted molar refractivity (Wildman–Crippen MR) is 63.9 cm³/mol. The number of aromatic amines is 1. The summed E-state index contributed by atoms with van der Waals surface area (Å²) in [4.78, 5) is 26.1. The van der Waals surface area contributed by atoms with Crippen molar-refractivity contribution in [3.8, 4) is 0 Å². The SMILES string of the molecule is O=C(C=Cc1cc([N+](=O)[O-])c[nH]1)N1CCOCC1. The third kappa shape index (κ3) is 2.95.